The fraction of sp³-hybridized carbons (Fsp3) is 0.700. The van der Waals surface area contributed by atoms with Gasteiger partial charge in [0, 0.05) is 12.7 Å². The van der Waals surface area contributed by atoms with E-state index < -0.39 is 0 Å². The van der Waals surface area contributed by atoms with Crippen molar-refractivity contribution in [3.63, 3.8) is 0 Å². The Labute approximate surface area is 138 Å². The molecule has 3 aliphatic rings. The number of hydrogen-bond donors (Lipinski definition) is 2. The number of phenolic OH excluding ortho intramolecular Hbond substituents is 1. The van der Waals surface area contributed by atoms with Crippen LogP contribution in [0, 0.1) is 17.3 Å². The summed E-state index contributed by atoms with van der Waals surface area (Å²) in [4.78, 5) is 0. The molecule has 0 radical (unpaired) electrons. The van der Waals surface area contributed by atoms with Gasteiger partial charge < -0.3 is 14.9 Å². The molecule has 0 amide bonds. The third-order valence-corrected chi connectivity index (χ3v) is 7.17. The Balaban J connectivity index is 1.70. The summed E-state index contributed by atoms with van der Waals surface area (Å²) in [5, 5.41) is 20.7. The molecule has 4 rings (SSSR count). The zero-order valence-electron chi connectivity index (χ0n) is 14.2. The zero-order chi connectivity index (χ0) is 16.2. The second-order valence-corrected chi connectivity index (χ2v) is 8.17. The molecule has 1 aromatic carbocycles. The molecule has 3 aliphatic carbocycles. The molecule has 126 valence electrons. The summed E-state index contributed by atoms with van der Waals surface area (Å²) in [6, 6.07) is 4.16. The summed E-state index contributed by atoms with van der Waals surface area (Å²) >= 11 is 0. The van der Waals surface area contributed by atoms with Gasteiger partial charge in [-0.3, -0.25) is 0 Å². The van der Waals surface area contributed by atoms with Crippen molar-refractivity contribution in [3.05, 3.63) is 28.8 Å². The zero-order valence-corrected chi connectivity index (χ0v) is 14.2. The third kappa shape index (κ3) is 2.24. The summed E-state index contributed by atoms with van der Waals surface area (Å²) < 4.78 is 5.24. The highest BCUT2D eigenvalue weighted by Crippen LogP contribution is 2.61. The van der Waals surface area contributed by atoms with Crippen molar-refractivity contribution in [3.8, 4) is 5.75 Å². The summed E-state index contributed by atoms with van der Waals surface area (Å²) in [5.41, 5.74) is 3.80. The number of hydrogen-bond acceptors (Lipinski definition) is 3. The van der Waals surface area contributed by atoms with Crippen molar-refractivity contribution in [1.29, 1.82) is 0 Å². The normalized spacial score (nSPS) is 38.7. The minimum Gasteiger partial charge on any atom is -0.508 e. The molecule has 0 aromatic heterocycles. The number of aromatic hydroxyl groups is 1. The molecule has 23 heavy (non-hydrogen) atoms. The van der Waals surface area contributed by atoms with Gasteiger partial charge in [-0.1, -0.05) is 6.92 Å². The number of benzene rings is 1. The number of aryl methyl sites for hydroxylation is 1. The predicted molar refractivity (Wildman–Crippen MR) is 89.4 cm³/mol. The van der Waals surface area contributed by atoms with Crippen molar-refractivity contribution in [2.45, 2.75) is 64.1 Å². The number of phenols is 1. The van der Waals surface area contributed by atoms with E-state index in [0.29, 0.717) is 30.1 Å². The molecular weight excluding hydrogens is 288 g/mol. The fourth-order valence-corrected chi connectivity index (χ4v) is 5.90. The monoisotopic (exact) mass is 316 g/mol. The van der Waals surface area contributed by atoms with E-state index in [1.807, 2.05) is 6.07 Å². The average molecular weight is 316 g/mol. The third-order valence-electron chi connectivity index (χ3n) is 7.17. The topological polar surface area (TPSA) is 49.7 Å². The first kappa shape index (κ1) is 15.5. The SMILES string of the molecule is COCc1cc2c(cc1O)CC[C@@H]1[C@@H]2CC[C@]2(C)[C@@H](O)CC[C@@H]12. The molecule has 2 saturated carbocycles. The number of aliphatic hydroxyl groups excluding tert-OH is 1. The molecule has 0 spiro atoms. The molecule has 3 nitrogen and oxygen atoms in total. The first-order chi connectivity index (χ1) is 11.0. The molecule has 0 saturated heterocycles. The summed E-state index contributed by atoms with van der Waals surface area (Å²) in [6.45, 7) is 2.78. The number of fused-ring (bicyclic) bond motifs is 5. The fourth-order valence-electron chi connectivity index (χ4n) is 5.90. The van der Waals surface area contributed by atoms with E-state index in [-0.39, 0.29) is 11.5 Å². The van der Waals surface area contributed by atoms with Crippen LogP contribution in [-0.4, -0.2) is 23.4 Å². The molecule has 0 unspecified atom stereocenters. The summed E-state index contributed by atoms with van der Waals surface area (Å²) in [6.07, 6.45) is 6.59. The van der Waals surface area contributed by atoms with Gasteiger partial charge in [-0.05, 0) is 85.0 Å². The molecule has 0 heterocycles. The van der Waals surface area contributed by atoms with Gasteiger partial charge >= 0.3 is 0 Å². The standard InChI is InChI=1S/C20H28O3/c1-20-8-7-14-15(17(20)5-6-19(20)22)4-3-12-10-18(21)13(11-23-2)9-16(12)14/h9-10,14-15,17,19,21-22H,3-8,11H2,1-2H3/t14-,15+,17-,19-,20-/m0/s1. The van der Waals surface area contributed by atoms with E-state index >= 15 is 0 Å². The Morgan fingerprint density at radius 1 is 1.22 bits per heavy atom. The van der Waals surface area contributed by atoms with E-state index in [4.69, 9.17) is 4.74 Å². The van der Waals surface area contributed by atoms with Crippen LogP contribution in [0.15, 0.2) is 12.1 Å². The lowest BCUT2D eigenvalue weighted by molar-refractivity contribution is -0.0226. The highest BCUT2D eigenvalue weighted by molar-refractivity contribution is 5.45. The van der Waals surface area contributed by atoms with Crippen LogP contribution in [0.1, 0.15) is 61.6 Å². The van der Waals surface area contributed by atoms with Crippen molar-refractivity contribution in [2.24, 2.45) is 17.3 Å². The molecular formula is C20H28O3. The quantitative estimate of drug-likeness (QED) is 0.873. The second-order valence-electron chi connectivity index (χ2n) is 8.17. The van der Waals surface area contributed by atoms with E-state index in [1.165, 1.54) is 30.4 Å². The number of rotatable bonds is 2. The molecule has 1 aromatic rings. The minimum absolute atomic E-state index is 0.112. The van der Waals surface area contributed by atoms with Crippen LogP contribution in [0.2, 0.25) is 0 Å². The maximum absolute atomic E-state index is 10.5. The van der Waals surface area contributed by atoms with Crippen LogP contribution in [0.3, 0.4) is 0 Å². The summed E-state index contributed by atoms with van der Waals surface area (Å²) in [7, 11) is 1.67. The van der Waals surface area contributed by atoms with Crippen LogP contribution in [0.5, 0.6) is 5.75 Å². The molecule has 3 heteroatoms. The van der Waals surface area contributed by atoms with Crippen molar-refractivity contribution < 1.29 is 14.9 Å². The van der Waals surface area contributed by atoms with Crippen LogP contribution in [0.4, 0.5) is 0 Å². The van der Waals surface area contributed by atoms with Crippen molar-refractivity contribution in [2.75, 3.05) is 7.11 Å². The van der Waals surface area contributed by atoms with Crippen molar-refractivity contribution in [1.82, 2.24) is 0 Å². The lowest BCUT2D eigenvalue weighted by Crippen LogP contribution is -2.43. The first-order valence-electron chi connectivity index (χ1n) is 9.06. The lowest BCUT2D eigenvalue weighted by Gasteiger charge is -2.50. The van der Waals surface area contributed by atoms with Gasteiger partial charge in [-0.25, -0.2) is 0 Å². The van der Waals surface area contributed by atoms with E-state index in [0.717, 1.165) is 24.8 Å². The molecule has 5 atom stereocenters. The molecule has 2 N–H and O–H groups in total. The first-order valence-corrected chi connectivity index (χ1v) is 9.06. The van der Waals surface area contributed by atoms with Crippen LogP contribution >= 0.6 is 0 Å². The van der Waals surface area contributed by atoms with E-state index in [1.54, 1.807) is 7.11 Å². The second kappa shape index (κ2) is 5.49. The number of aliphatic hydroxyl groups is 1. The van der Waals surface area contributed by atoms with Crippen molar-refractivity contribution >= 4 is 0 Å². The Hall–Kier alpha value is -1.06. The van der Waals surface area contributed by atoms with Gasteiger partial charge in [0.1, 0.15) is 5.75 Å². The Bertz CT molecular complexity index is 611. The van der Waals surface area contributed by atoms with Gasteiger partial charge in [0.15, 0.2) is 0 Å². The van der Waals surface area contributed by atoms with Crippen LogP contribution in [0.25, 0.3) is 0 Å². The largest absolute Gasteiger partial charge is 0.508 e. The Morgan fingerprint density at radius 2 is 2.04 bits per heavy atom. The molecule has 0 aliphatic heterocycles. The van der Waals surface area contributed by atoms with E-state index in [2.05, 4.69) is 13.0 Å². The lowest BCUT2D eigenvalue weighted by atomic mass is 9.55. The maximum Gasteiger partial charge on any atom is 0.121 e. The van der Waals surface area contributed by atoms with Gasteiger partial charge in [0.05, 0.1) is 12.7 Å². The minimum atomic E-state index is -0.112. The molecule has 2 fully saturated rings. The predicted octanol–water partition coefficient (Wildman–Crippen LogP) is 3.76. The van der Waals surface area contributed by atoms with Gasteiger partial charge in [-0.15, -0.1) is 0 Å². The van der Waals surface area contributed by atoms with Crippen LogP contribution in [-0.2, 0) is 17.8 Å². The number of methoxy groups -OCH3 is 1. The highest BCUT2D eigenvalue weighted by Gasteiger charge is 2.54. The highest BCUT2D eigenvalue weighted by atomic mass is 16.5. The smallest absolute Gasteiger partial charge is 0.121 e. The maximum atomic E-state index is 10.5. The number of ether oxygens (including phenoxy) is 1. The van der Waals surface area contributed by atoms with Gasteiger partial charge in [-0.2, -0.15) is 0 Å². The average Bonchev–Trinajstić information content (AvgIpc) is 2.84. The Kier molecular flexibility index (Phi) is 3.69. The van der Waals surface area contributed by atoms with Gasteiger partial charge in [0.25, 0.3) is 0 Å². The summed E-state index contributed by atoms with van der Waals surface area (Å²) in [5.74, 6) is 2.32. The molecule has 0 bridgehead atoms. The Morgan fingerprint density at radius 3 is 2.83 bits per heavy atom. The van der Waals surface area contributed by atoms with Crippen LogP contribution < -0.4 is 0 Å². The van der Waals surface area contributed by atoms with E-state index in [9.17, 15) is 10.2 Å². The van der Waals surface area contributed by atoms with Gasteiger partial charge in [0.2, 0.25) is 0 Å².